The smallest absolute Gasteiger partial charge is 0.313 e. The van der Waals surface area contributed by atoms with Gasteiger partial charge in [0, 0.05) is 11.1 Å². The SMILES string of the molecule is CC(C)(N)CC(C)(N)C(C)(C)C(=O)OCCCCCOc1ccc2c(c1)C=C(c1ccccc1)CCC2. The van der Waals surface area contributed by atoms with Gasteiger partial charge in [-0.25, -0.2) is 0 Å². The quantitative estimate of drug-likeness (QED) is 0.252. The maximum Gasteiger partial charge on any atom is 0.313 e. The first kappa shape index (κ1) is 28.9. The monoisotopic (exact) mass is 506 g/mol. The molecule has 0 aromatic heterocycles. The molecule has 1 aliphatic carbocycles. The van der Waals surface area contributed by atoms with Gasteiger partial charge in [-0.1, -0.05) is 42.5 Å². The van der Waals surface area contributed by atoms with Crippen molar-refractivity contribution in [2.45, 2.75) is 90.6 Å². The fraction of sp³-hybridized carbons (Fsp3) is 0.531. The summed E-state index contributed by atoms with van der Waals surface area (Å²) in [6.07, 6.45) is 8.79. The summed E-state index contributed by atoms with van der Waals surface area (Å²) in [5.41, 5.74) is 15.9. The number of hydrogen-bond acceptors (Lipinski definition) is 5. The van der Waals surface area contributed by atoms with E-state index in [0.717, 1.165) is 44.3 Å². The number of esters is 1. The number of unbranched alkanes of at least 4 members (excludes halogenated alkanes) is 2. The van der Waals surface area contributed by atoms with Gasteiger partial charge in [0.15, 0.2) is 0 Å². The zero-order chi connectivity index (χ0) is 27.1. The Labute approximate surface area is 223 Å². The summed E-state index contributed by atoms with van der Waals surface area (Å²) in [6, 6.07) is 17.1. The van der Waals surface area contributed by atoms with Crippen molar-refractivity contribution in [3.8, 4) is 5.75 Å². The Hall–Kier alpha value is -2.63. The number of benzene rings is 2. The second kappa shape index (κ2) is 12.3. The second-order valence-corrected chi connectivity index (χ2v) is 12.0. The molecule has 1 atom stereocenters. The van der Waals surface area contributed by atoms with Crippen LogP contribution in [0.4, 0.5) is 0 Å². The van der Waals surface area contributed by atoms with E-state index in [0.29, 0.717) is 19.6 Å². The van der Waals surface area contributed by atoms with Crippen molar-refractivity contribution in [2.24, 2.45) is 16.9 Å². The van der Waals surface area contributed by atoms with Crippen molar-refractivity contribution < 1.29 is 14.3 Å². The zero-order valence-electron chi connectivity index (χ0n) is 23.4. The fourth-order valence-corrected chi connectivity index (χ4v) is 4.95. The fourth-order valence-electron chi connectivity index (χ4n) is 4.95. The minimum absolute atomic E-state index is 0.272. The molecule has 0 saturated heterocycles. The molecule has 0 heterocycles. The first-order valence-corrected chi connectivity index (χ1v) is 13.7. The lowest BCUT2D eigenvalue weighted by Crippen LogP contribution is -2.59. The predicted octanol–water partition coefficient (Wildman–Crippen LogP) is 6.53. The molecule has 0 amide bonds. The van der Waals surface area contributed by atoms with Gasteiger partial charge >= 0.3 is 5.97 Å². The lowest BCUT2D eigenvalue weighted by molar-refractivity contribution is -0.158. The number of hydrogen-bond donors (Lipinski definition) is 2. The van der Waals surface area contributed by atoms with Crippen LogP contribution < -0.4 is 16.2 Å². The first-order chi connectivity index (χ1) is 17.4. The minimum Gasteiger partial charge on any atom is -0.494 e. The standard InChI is InChI=1S/C32H46N2O3/c1-30(2,33)23-32(5,34)31(3,4)29(35)37-20-11-7-10-19-36-28-18-17-25-15-12-16-26(21-27(25)22-28)24-13-8-6-9-14-24/h6,8-9,13-14,17-18,21-22H,7,10-12,15-16,19-20,23,33-34H2,1-5H3. The Morgan fingerprint density at radius 1 is 0.892 bits per heavy atom. The molecule has 37 heavy (non-hydrogen) atoms. The van der Waals surface area contributed by atoms with Crippen LogP contribution in [0.2, 0.25) is 0 Å². The third-order valence-corrected chi connectivity index (χ3v) is 7.54. The van der Waals surface area contributed by atoms with Gasteiger partial charge in [0.2, 0.25) is 0 Å². The minimum atomic E-state index is -0.826. The Bertz CT molecular complexity index is 1070. The molecule has 0 radical (unpaired) electrons. The van der Waals surface area contributed by atoms with Crippen LogP contribution in [0.25, 0.3) is 11.6 Å². The molecule has 2 aromatic rings. The molecule has 0 bridgehead atoms. The van der Waals surface area contributed by atoms with Crippen molar-refractivity contribution in [3.05, 3.63) is 65.2 Å². The number of carbonyl (C=O) groups excluding carboxylic acids is 1. The summed E-state index contributed by atoms with van der Waals surface area (Å²) in [6.45, 7) is 10.4. The summed E-state index contributed by atoms with van der Waals surface area (Å²) < 4.78 is 11.6. The van der Waals surface area contributed by atoms with E-state index in [2.05, 4.69) is 54.6 Å². The molecule has 0 spiro atoms. The van der Waals surface area contributed by atoms with Crippen LogP contribution in [0.1, 0.15) is 89.8 Å². The lowest BCUT2D eigenvalue weighted by Gasteiger charge is -2.42. The van der Waals surface area contributed by atoms with E-state index in [-0.39, 0.29) is 5.97 Å². The molecule has 0 aliphatic heterocycles. The molecule has 1 aliphatic rings. The van der Waals surface area contributed by atoms with Crippen molar-refractivity contribution in [3.63, 3.8) is 0 Å². The van der Waals surface area contributed by atoms with Gasteiger partial charge in [0.25, 0.3) is 0 Å². The number of rotatable bonds is 12. The van der Waals surface area contributed by atoms with Gasteiger partial charge in [0.1, 0.15) is 5.75 Å². The van der Waals surface area contributed by atoms with Crippen molar-refractivity contribution in [1.82, 2.24) is 0 Å². The van der Waals surface area contributed by atoms with Crippen LogP contribution in [0.5, 0.6) is 5.75 Å². The highest BCUT2D eigenvalue weighted by molar-refractivity contribution is 5.83. The maximum absolute atomic E-state index is 12.8. The van der Waals surface area contributed by atoms with Crippen molar-refractivity contribution >= 4 is 17.6 Å². The number of fused-ring (bicyclic) bond motifs is 1. The highest BCUT2D eigenvalue weighted by Crippen LogP contribution is 2.36. The van der Waals surface area contributed by atoms with E-state index < -0.39 is 16.5 Å². The molecule has 4 N–H and O–H groups in total. The van der Waals surface area contributed by atoms with Gasteiger partial charge in [0.05, 0.1) is 18.6 Å². The van der Waals surface area contributed by atoms with E-state index in [9.17, 15) is 4.79 Å². The molecule has 5 heteroatoms. The van der Waals surface area contributed by atoms with E-state index in [1.807, 2.05) is 34.6 Å². The van der Waals surface area contributed by atoms with E-state index in [1.54, 1.807) is 0 Å². The van der Waals surface area contributed by atoms with Crippen LogP contribution in [0, 0.1) is 5.41 Å². The number of ether oxygens (including phenoxy) is 2. The van der Waals surface area contributed by atoms with Crippen molar-refractivity contribution in [2.75, 3.05) is 13.2 Å². The summed E-state index contributed by atoms with van der Waals surface area (Å²) in [7, 11) is 0. The third kappa shape index (κ3) is 8.18. The average molecular weight is 507 g/mol. The maximum atomic E-state index is 12.8. The first-order valence-electron chi connectivity index (χ1n) is 13.7. The van der Waals surface area contributed by atoms with E-state index in [4.69, 9.17) is 20.9 Å². The molecule has 5 nitrogen and oxygen atoms in total. The number of carbonyl (C=O) groups is 1. The van der Waals surface area contributed by atoms with E-state index in [1.165, 1.54) is 22.3 Å². The zero-order valence-corrected chi connectivity index (χ0v) is 23.4. The van der Waals surface area contributed by atoms with Crippen LogP contribution in [0.3, 0.4) is 0 Å². The van der Waals surface area contributed by atoms with E-state index >= 15 is 0 Å². The summed E-state index contributed by atoms with van der Waals surface area (Å²) in [5.74, 6) is 0.633. The van der Waals surface area contributed by atoms with Crippen LogP contribution in [-0.2, 0) is 16.0 Å². The van der Waals surface area contributed by atoms with Gasteiger partial charge in [-0.15, -0.1) is 0 Å². The Morgan fingerprint density at radius 2 is 1.59 bits per heavy atom. The largest absolute Gasteiger partial charge is 0.494 e. The van der Waals surface area contributed by atoms with Crippen molar-refractivity contribution in [1.29, 1.82) is 0 Å². The van der Waals surface area contributed by atoms with Crippen LogP contribution in [0.15, 0.2) is 48.5 Å². The summed E-state index contributed by atoms with van der Waals surface area (Å²) in [5, 5.41) is 0. The predicted molar refractivity (Wildman–Crippen MR) is 153 cm³/mol. The Balaban J connectivity index is 1.43. The van der Waals surface area contributed by atoms with Gasteiger partial charge in [-0.05, 0) is 114 Å². The highest BCUT2D eigenvalue weighted by Gasteiger charge is 2.46. The molecule has 3 rings (SSSR count). The molecule has 202 valence electrons. The molecular weight excluding hydrogens is 460 g/mol. The normalized spacial score (nSPS) is 15.7. The lowest BCUT2D eigenvalue weighted by atomic mass is 9.68. The Morgan fingerprint density at radius 3 is 2.30 bits per heavy atom. The summed E-state index contributed by atoms with van der Waals surface area (Å²) in [4.78, 5) is 12.8. The van der Waals surface area contributed by atoms with Crippen LogP contribution in [-0.4, -0.2) is 30.3 Å². The van der Waals surface area contributed by atoms with Gasteiger partial charge < -0.3 is 20.9 Å². The number of allylic oxidation sites excluding steroid dienone is 1. The van der Waals surface area contributed by atoms with Crippen LogP contribution >= 0.6 is 0 Å². The highest BCUT2D eigenvalue weighted by atomic mass is 16.5. The number of aryl methyl sites for hydroxylation is 1. The second-order valence-electron chi connectivity index (χ2n) is 12.0. The number of nitrogens with two attached hydrogens (primary N) is 2. The van der Waals surface area contributed by atoms with Gasteiger partial charge in [-0.2, -0.15) is 0 Å². The average Bonchev–Trinajstić information content (AvgIpc) is 3.04. The Kier molecular flexibility index (Phi) is 9.60. The molecule has 0 saturated carbocycles. The topological polar surface area (TPSA) is 87.6 Å². The molecule has 1 unspecified atom stereocenters. The van der Waals surface area contributed by atoms with Gasteiger partial charge in [-0.3, -0.25) is 4.79 Å². The third-order valence-electron chi connectivity index (χ3n) is 7.54. The molecule has 2 aromatic carbocycles. The molecule has 0 fully saturated rings. The summed E-state index contributed by atoms with van der Waals surface area (Å²) >= 11 is 0. The molecular formula is C32H46N2O3.